The van der Waals surface area contributed by atoms with E-state index < -0.39 is 35.8 Å². The maximum absolute atomic E-state index is 13.4. The third-order valence-electron chi connectivity index (χ3n) is 7.59. The van der Waals surface area contributed by atoms with Crippen LogP contribution in [0.2, 0.25) is 0 Å². The molecule has 3 amide bonds. The average Bonchev–Trinajstić information content (AvgIpc) is 3.48. The molecule has 2 fully saturated rings. The Labute approximate surface area is 227 Å². The second kappa shape index (κ2) is 12.1. The first kappa shape index (κ1) is 28.4. The molecule has 4 N–H and O–H groups in total. The van der Waals surface area contributed by atoms with E-state index in [1.54, 1.807) is 19.2 Å². The zero-order chi connectivity index (χ0) is 28.2. The van der Waals surface area contributed by atoms with E-state index in [1.165, 1.54) is 7.11 Å². The summed E-state index contributed by atoms with van der Waals surface area (Å²) in [6.45, 7) is 5.02. The standard InChI is InChI=1S/C28H38N4O7/c1-16(2)12-20(30-26(35)21-14-18-19(29-21)6-5-7-23(18)37-3)25(34)31-22(27(36)38-4)13-17-15-28(32-24(17)33)8-10-39-11-9-28/h5-7,14,16-17,20,22,29H,8-13,15H2,1-4H3,(H,30,35)(H,31,34)(H,32,33)/t17?,20-,22?/m0/s1. The molecule has 11 nitrogen and oxygen atoms in total. The SMILES string of the molecule is COC(=O)C(CC1CC2(CCOCC2)NC1=O)NC(=O)[C@H](CC(C)C)NC(=O)c1cc2c(OC)cccc2[nH]1. The van der Waals surface area contributed by atoms with E-state index in [-0.39, 0.29) is 29.5 Å². The number of hydrogen-bond acceptors (Lipinski definition) is 7. The van der Waals surface area contributed by atoms with Crippen LogP contribution in [0.15, 0.2) is 24.3 Å². The van der Waals surface area contributed by atoms with Gasteiger partial charge in [-0.25, -0.2) is 4.79 Å². The number of amides is 3. The number of aromatic nitrogens is 1. The van der Waals surface area contributed by atoms with Gasteiger partial charge >= 0.3 is 5.97 Å². The Morgan fingerprint density at radius 2 is 1.87 bits per heavy atom. The van der Waals surface area contributed by atoms with Gasteiger partial charge in [0.2, 0.25) is 11.8 Å². The molecule has 3 heterocycles. The van der Waals surface area contributed by atoms with Gasteiger partial charge in [-0.3, -0.25) is 14.4 Å². The zero-order valence-electron chi connectivity index (χ0n) is 22.9. The summed E-state index contributed by atoms with van der Waals surface area (Å²) in [5, 5.41) is 9.40. The minimum Gasteiger partial charge on any atom is -0.496 e. The molecule has 39 heavy (non-hydrogen) atoms. The Morgan fingerprint density at radius 3 is 2.54 bits per heavy atom. The van der Waals surface area contributed by atoms with Gasteiger partial charge in [0.25, 0.3) is 5.91 Å². The Kier molecular flexibility index (Phi) is 8.79. The molecule has 0 saturated carbocycles. The maximum Gasteiger partial charge on any atom is 0.328 e. The van der Waals surface area contributed by atoms with Crippen molar-refractivity contribution in [3.63, 3.8) is 0 Å². The van der Waals surface area contributed by atoms with E-state index in [2.05, 4.69) is 20.9 Å². The number of ether oxygens (including phenoxy) is 3. The number of carbonyl (C=O) groups excluding carboxylic acids is 4. The minimum atomic E-state index is -1.03. The van der Waals surface area contributed by atoms with Crippen LogP contribution < -0.4 is 20.7 Å². The summed E-state index contributed by atoms with van der Waals surface area (Å²) in [6, 6.07) is 5.19. The molecule has 3 atom stereocenters. The predicted molar refractivity (Wildman–Crippen MR) is 143 cm³/mol. The number of nitrogens with one attached hydrogen (secondary N) is 4. The second-order valence-corrected chi connectivity index (χ2v) is 10.9. The highest BCUT2D eigenvalue weighted by Gasteiger charge is 2.46. The highest BCUT2D eigenvalue weighted by Crippen LogP contribution is 2.36. The van der Waals surface area contributed by atoms with Crippen molar-refractivity contribution < 1.29 is 33.4 Å². The topological polar surface area (TPSA) is 148 Å². The number of H-pyrrole nitrogens is 1. The highest BCUT2D eigenvalue weighted by atomic mass is 16.5. The first-order valence-electron chi connectivity index (χ1n) is 13.4. The van der Waals surface area contributed by atoms with Gasteiger partial charge in [-0.05, 0) is 56.2 Å². The summed E-state index contributed by atoms with van der Waals surface area (Å²) < 4.78 is 15.8. The molecule has 0 radical (unpaired) electrons. The number of hydrogen-bond donors (Lipinski definition) is 4. The fraction of sp³-hybridized carbons (Fsp3) is 0.571. The second-order valence-electron chi connectivity index (χ2n) is 10.9. The van der Waals surface area contributed by atoms with Crippen molar-refractivity contribution in [3.05, 3.63) is 30.0 Å². The van der Waals surface area contributed by atoms with Crippen molar-refractivity contribution in [2.75, 3.05) is 27.4 Å². The Bertz CT molecular complexity index is 1220. The van der Waals surface area contributed by atoms with Crippen LogP contribution in [0.5, 0.6) is 5.75 Å². The van der Waals surface area contributed by atoms with Crippen LogP contribution in [-0.2, 0) is 23.9 Å². The van der Waals surface area contributed by atoms with Gasteiger partial charge in [0.15, 0.2) is 0 Å². The molecule has 212 valence electrons. The van der Waals surface area contributed by atoms with Gasteiger partial charge in [0.1, 0.15) is 23.5 Å². The van der Waals surface area contributed by atoms with Gasteiger partial charge in [0.05, 0.1) is 14.2 Å². The largest absolute Gasteiger partial charge is 0.496 e. The van der Waals surface area contributed by atoms with Gasteiger partial charge in [-0.15, -0.1) is 0 Å². The number of rotatable bonds is 10. The average molecular weight is 543 g/mol. The van der Waals surface area contributed by atoms with Crippen molar-refractivity contribution in [3.8, 4) is 5.75 Å². The molecule has 0 aliphatic carbocycles. The molecule has 1 aromatic carbocycles. The van der Waals surface area contributed by atoms with Crippen molar-refractivity contribution in [1.29, 1.82) is 0 Å². The molecule has 1 aromatic heterocycles. The smallest absolute Gasteiger partial charge is 0.328 e. The minimum absolute atomic E-state index is 0.0782. The lowest BCUT2D eigenvalue weighted by Crippen LogP contribution is -2.53. The van der Waals surface area contributed by atoms with E-state index in [0.29, 0.717) is 44.6 Å². The molecule has 1 spiro atoms. The van der Waals surface area contributed by atoms with E-state index in [9.17, 15) is 19.2 Å². The lowest BCUT2D eigenvalue weighted by atomic mass is 9.84. The zero-order valence-corrected chi connectivity index (χ0v) is 22.9. The Morgan fingerprint density at radius 1 is 1.13 bits per heavy atom. The fourth-order valence-electron chi connectivity index (χ4n) is 5.54. The van der Waals surface area contributed by atoms with Crippen molar-refractivity contribution in [2.24, 2.45) is 11.8 Å². The molecule has 2 unspecified atom stereocenters. The quantitative estimate of drug-likeness (QED) is 0.336. The molecule has 2 aliphatic heterocycles. The van der Waals surface area contributed by atoms with Gasteiger partial charge in [-0.1, -0.05) is 19.9 Å². The molecule has 11 heteroatoms. The summed E-state index contributed by atoms with van der Waals surface area (Å²) in [5.74, 6) is -1.50. The van der Waals surface area contributed by atoms with Crippen molar-refractivity contribution in [2.45, 2.75) is 63.6 Å². The lowest BCUT2D eigenvalue weighted by molar-refractivity contribution is -0.146. The van der Waals surface area contributed by atoms with Gasteiger partial charge < -0.3 is 35.1 Å². The van der Waals surface area contributed by atoms with E-state index >= 15 is 0 Å². The fourth-order valence-corrected chi connectivity index (χ4v) is 5.54. The van der Waals surface area contributed by atoms with Crippen LogP contribution in [0.25, 0.3) is 10.9 Å². The first-order valence-corrected chi connectivity index (χ1v) is 13.4. The van der Waals surface area contributed by atoms with E-state index in [1.807, 2.05) is 26.0 Å². The van der Waals surface area contributed by atoms with E-state index in [0.717, 1.165) is 10.9 Å². The molecular weight excluding hydrogens is 504 g/mol. The Hall–Kier alpha value is -3.60. The summed E-state index contributed by atoms with van der Waals surface area (Å²) >= 11 is 0. The van der Waals surface area contributed by atoms with Crippen LogP contribution >= 0.6 is 0 Å². The monoisotopic (exact) mass is 542 g/mol. The van der Waals surface area contributed by atoms with Gasteiger partial charge in [-0.2, -0.15) is 0 Å². The van der Waals surface area contributed by atoms with Crippen LogP contribution in [-0.4, -0.2) is 73.7 Å². The van der Waals surface area contributed by atoms with Gasteiger partial charge in [0, 0.05) is 35.6 Å². The number of aromatic amines is 1. The number of fused-ring (bicyclic) bond motifs is 1. The number of esters is 1. The third-order valence-corrected chi connectivity index (χ3v) is 7.59. The Balaban J connectivity index is 1.47. The molecular formula is C28H38N4O7. The number of benzene rings is 1. The third kappa shape index (κ3) is 6.52. The van der Waals surface area contributed by atoms with Crippen LogP contribution in [0.1, 0.15) is 56.4 Å². The highest BCUT2D eigenvalue weighted by molar-refractivity contribution is 6.01. The van der Waals surface area contributed by atoms with Crippen molar-refractivity contribution in [1.82, 2.24) is 20.9 Å². The van der Waals surface area contributed by atoms with Crippen LogP contribution in [0, 0.1) is 11.8 Å². The van der Waals surface area contributed by atoms with Crippen LogP contribution in [0.4, 0.5) is 0 Å². The molecule has 2 aromatic rings. The molecule has 4 rings (SSSR count). The maximum atomic E-state index is 13.4. The van der Waals surface area contributed by atoms with Crippen LogP contribution in [0.3, 0.4) is 0 Å². The normalized spacial score (nSPS) is 19.9. The van der Waals surface area contributed by atoms with E-state index in [4.69, 9.17) is 14.2 Å². The molecule has 2 saturated heterocycles. The number of methoxy groups -OCH3 is 2. The first-order chi connectivity index (χ1) is 18.6. The summed E-state index contributed by atoms with van der Waals surface area (Å²) in [7, 11) is 2.80. The lowest BCUT2D eigenvalue weighted by Gasteiger charge is -2.33. The number of carbonyl (C=O) groups is 4. The molecule has 2 aliphatic rings. The van der Waals surface area contributed by atoms with Crippen molar-refractivity contribution >= 4 is 34.6 Å². The summed E-state index contributed by atoms with van der Waals surface area (Å²) in [4.78, 5) is 55.1. The summed E-state index contributed by atoms with van der Waals surface area (Å²) in [5.41, 5.74) is 0.679. The summed E-state index contributed by atoms with van der Waals surface area (Å²) in [6.07, 6.45) is 2.45. The predicted octanol–water partition coefficient (Wildman–Crippen LogP) is 2.05. The molecule has 0 bridgehead atoms.